The summed E-state index contributed by atoms with van der Waals surface area (Å²) >= 11 is 0. The zero-order chi connectivity index (χ0) is 13.7. The van der Waals surface area contributed by atoms with Gasteiger partial charge >= 0.3 is 0 Å². The van der Waals surface area contributed by atoms with E-state index < -0.39 is 0 Å². The van der Waals surface area contributed by atoms with Crippen LogP contribution in [0, 0.1) is 5.92 Å². The molecule has 0 saturated heterocycles. The van der Waals surface area contributed by atoms with E-state index in [1.54, 1.807) is 0 Å². The van der Waals surface area contributed by atoms with Gasteiger partial charge in [0.15, 0.2) is 0 Å². The summed E-state index contributed by atoms with van der Waals surface area (Å²) in [6.07, 6.45) is 8.20. The van der Waals surface area contributed by atoms with Gasteiger partial charge in [0.25, 0.3) is 0 Å². The molecular weight excluding hydrogens is 230 g/mol. The summed E-state index contributed by atoms with van der Waals surface area (Å²) in [4.78, 5) is 0. The summed E-state index contributed by atoms with van der Waals surface area (Å²) in [5.74, 6) is 2.02. The van der Waals surface area contributed by atoms with Gasteiger partial charge in [-0.3, -0.25) is 0 Å². The highest BCUT2D eigenvalue weighted by atomic mass is 14.9. The van der Waals surface area contributed by atoms with Crippen LogP contribution in [0.25, 0.3) is 0 Å². The van der Waals surface area contributed by atoms with E-state index in [9.17, 15) is 0 Å². The second-order valence-electron chi connectivity index (χ2n) is 5.87. The van der Waals surface area contributed by atoms with Crippen LogP contribution in [0.1, 0.15) is 50.7 Å². The largest absolute Gasteiger partial charge is 0.310 e. The number of hydrogen-bond donors (Lipinski definition) is 1. The zero-order valence-electron chi connectivity index (χ0n) is 12.4. The number of nitrogens with one attached hydrogen (secondary N) is 1. The molecule has 0 aliphatic carbocycles. The minimum absolute atomic E-state index is 0.514. The molecule has 1 heteroatoms. The van der Waals surface area contributed by atoms with Gasteiger partial charge < -0.3 is 5.32 Å². The lowest BCUT2D eigenvalue weighted by Crippen LogP contribution is -2.38. The van der Waals surface area contributed by atoms with Gasteiger partial charge in [-0.1, -0.05) is 63.6 Å². The molecule has 1 aromatic rings. The first-order chi connectivity index (χ1) is 9.20. The maximum Gasteiger partial charge on any atom is 0.0179 e. The fourth-order valence-corrected chi connectivity index (χ4v) is 2.92. The Kier molecular flexibility index (Phi) is 5.21. The molecule has 1 radical (unpaired) electrons. The quantitative estimate of drug-likeness (QED) is 0.776. The maximum absolute atomic E-state index is 3.64. The molecule has 2 unspecified atom stereocenters. The minimum Gasteiger partial charge on any atom is -0.310 e. The average molecular weight is 256 g/mol. The molecule has 0 bridgehead atoms. The van der Waals surface area contributed by atoms with Crippen molar-refractivity contribution in [1.82, 2.24) is 5.32 Å². The van der Waals surface area contributed by atoms with Gasteiger partial charge in [-0.15, -0.1) is 0 Å². The van der Waals surface area contributed by atoms with Crippen molar-refractivity contribution in [1.29, 1.82) is 0 Å². The number of hydrogen-bond acceptors (Lipinski definition) is 1. The Hall–Kier alpha value is -1.08. The monoisotopic (exact) mass is 256 g/mol. The molecule has 0 spiro atoms. The number of rotatable bonds is 5. The van der Waals surface area contributed by atoms with E-state index in [1.165, 1.54) is 29.9 Å². The van der Waals surface area contributed by atoms with E-state index in [2.05, 4.69) is 62.5 Å². The van der Waals surface area contributed by atoms with Crippen molar-refractivity contribution in [2.75, 3.05) is 6.54 Å². The third-order valence-corrected chi connectivity index (χ3v) is 3.78. The molecule has 103 valence electrons. The highest BCUT2D eigenvalue weighted by Gasteiger charge is 2.23. The second-order valence-corrected chi connectivity index (χ2v) is 5.87. The molecule has 0 amide bonds. The topological polar surface area (TPSA) is 12.0 Å². The molecule has 19 heavy (non-hydrogen) atoms. The molecule has 0 saturated carbocycles. The molecule has 0 fully saturated rings. The van der Waals surface area contributed by atoms with Crippen LogP contribution in [0.4, 0.5) is 0 Å². The number of benzene rings is 1. The van der Waals surface area contributed by atoms with Crippen molar-refractivity contribution in [2.45, 2.75) is 52.0 Å². The minimum atomic E-state index is 0.514. The Morgan fingerprint density at radius 2 is 2.16 bits per heavy atom. The Morgan fingerprint density at radius 1 is 1.32 bits per heavy atom. The molecule has 2 atom stereocenters. The lowest BCUT2D eigenvalue weighted by Gasteiger charge is -2.30. The van der Waals surface area contributed by atoms with Crippen LogP contribution in [-0.2, 0) is 6.42 Å². The normalized spacial score (nSPS) is 22.9. The summed E-state index contributed by atoms with van der Waals surface area (Å²) in [5.41, 5.74) is 2.93. The number of aryl methyl sites for hydroxylation is 1. The van der Waals surface area contributed by atoms with Crippen molar-refractivity contribution in [3.8, 4) is 0 Å². The summed E-state index contributed by atoms with van der Waals surface area (Å²) in [5, 5.41) is 3.64. The van der Waals surface area contributed by atoms with E-state index in [0.29, 0.717) is 12.0 Å². The second kappa shape index (κ2) is 6.91. The first-order valence-corrected chi connectivity index (χ1v) is 7.48. The van der Waals surface area contributed by atoms with Crippen LogP contribution in [0.5, 0.6) is 0 Å². The average Bonchev–Trinajstić information content (AvgIpc) is 2.39. The molecule has 1 aliphatic heterocycles. The van der Waals surface area contributed by atoms with Gasteiger partial charge in [0, 0.05) is 18.5 Å². The summed E-state index contributed by atoms with van der Waals surface area (Å²) in [6, 6.07) is 9.68. The molecule has 1 aliphatic rings. The molecule has 1 aromatic carbocycles. The fraction of sp³-hybridized carbons (Fsp3) is 0.500. The van der Waals surface area contributed by atoms with Gasteiger partial charge in [0.1, 0.15) is 0 Å². The van der Waals surface area contributed by atoms with Crippen molar-refractivity contribution in [3.05, 3.63) is 53.5 Å². The van der Waals surface area contributed by atoms with Crippen LogP contribution in [0.2, 0.25) is 0 Å². The van der Waals surface area contributed by atoms with E-state index in [4.69, 9.17) is 0 Å². The van der Waals surface area contributed by atoms with Gasteiger partial charge in [-0.05, 0) is 29.9 Å². The molecule has 0 aromatic heterocycles. The SMILES string of the molecule is CCCc1cccc(C2C=CCNC2C[C](C)C)c1. The van der Waals surface area contributed by atoms with Crippen LogP contribution in [-0.4, -0.2) is 12.6 Å². The smallest absolute Gasteiger partial charge is 0.0179 e. The van der Waals surface area contributed by atoms with Crippen molar-refractivity contribution >= 4 is 0 Å². The lowest BCUT2D eigenvalue weighted by atomic mass is 9.84. The molecule has 1 heterocycles. The molecule has 2 rings (SSSR count). The molecule has 1 nitrogen and oxygen atoms in total. The standard InChI is InChI=1S/C18H26N/c1-4-7-15-8-5-9-16(13-15)17-10-6-11-19-18(17)12-14(2)3/h5-6,8-10,13,17-19H,4,7,11-12H2,1-3H3. The first kappa shape index (κ1) is 14.3. The van der Waals surface area contributed by atoms with E-state index >= 15 is 0 Å². The highest BCUT2D eigenvalue weighted by Crippen LogP contribution is 2.28. The third kappa shape index (κ3) is 3.94. The zero-order valence-corrected chi connectivity index (χ0v) is 12.4. The Bertz CT molecular complexity index is 419. The molecular formula is C18H26N. The summed E-state index contributed by atoms with van der Waals surface area (Å²) in [7, 11) is 0. The predicted octanol–water partition coefficient (Wildman–Crippen LogP) is 4.26. The first-order valence-electron chi connectivity index (χ1n) is 7.48. The van der Waals surface area contributed by atoms with Gasteiger partial charge in [0.05, 0.1) is 0 Å². The lowest BCUT2D eigenvalue weighted by molar-refractivity contribution is 0.458. The van der Waals surface area contributed by atoms with E-state index in [1.807, 2.05) is 0 Å². The van der Waals surface area contributed by atoms with Crippen molar-refractivity contribution in [2.24, 2.45) is 0 Å². The summed E-state index contributed by atoms with van der Waals surface area (Å²) < 4.78 is 0. The third-order valence-electron chi connectivity index (χ3n) is 3.78. The van der Waals surface area contributed by atoms with Crippen LogP contribution in [0.15, 0.2) is 36.4 Å². The van der Waals surface area contributed by atoms with Crippen LogP contribution >= 0.6 is 0 Å². The predicted molar refractivity (Wildman–Crippen MR) is 83.3 cm³/mol. The fourth-order valence-electron chi connectivity index (χ4n) is 2.92. The van der Waals surface area contributed by atoms with Gasteiger partial charge in [0.2, 0.25) is 0 Å². The Morgan fingerprint density at radius 3 is 2.89 bits per heavy atom. The highest BCUT2D eigenvalue weighted by molar-refractivity contribution is 5.32. The summed E-state index contributed by atoms with van der Waals surface area (Å²) in [6.45, 7) is 7.70. The van der Waals surface area contributed by atoms with Gasteiger partial charge in [-0.2, -0.15) is 0 Å². The molecule has 1 N–H and O–H groups in total. The van der Waals surface area contributed by atoms with E-state index in [0.717, 1.165) is 13.0 Å². The van der Waals surface area contributed by atoms with Crippen molar-refractivity contribution < 1.29 is 0 Å². The van der Waals surface area contributed by atoms with Crippen LogP contribution < -0.4 is 5.32 Å². The van der Waals surface area contributed by atoms with Gasteiger partial charge in [-0.25, -0.2) is 0 Å². The maximum atomic E-state index is 3.64. The Balaban J connectivity index is 2.19. The van der Waals surface area contributed by atoms with E-state index in [-0.39, 0.29) is 0 Å². The Labute approximate surface area is 118 Å². The van der Waals surface area contributed by atoms with Crippen molar-refractivity contribution in [3.63, 3.8) is 0 Å². The van der Waals surface area contributed by atoms with Crippen LogP contribution in [0.3, 0.4) is 0 Å².